The minimum absolute atomic E-state index is 0.164. The molecule has 0 spiro atoms. The van der Waals surface area contributed by atoms with Crippen LogP contribution >= 0.6 is 7.60 Å². The zero-order chi connectivity index (χ0) is 13.0. The van der Waals surface area contributed by atoms with Gasteiger partial charge in [-0.05, 0) is 12.3 Å². The molecule has 0 aromatic rings. The van der Waals surface area contributed by atoms with Gasteiger partial charge in [0.15, 0.2) is 0 Å². The third-order valence-corrected chi connectivity index (χ3v) is 2.73. The smallest absolute Gasteiger partial charge is 0.324 e. The average molecular weight is 258 g/mol. The number of Topliss-reactive ketones (excluding diaryl/α,β-unsaturated/α-hetero) is 1. The van der Waals surface area contributed by atoms with Crippen molar-refractivity contribution in [3.63, 3.8) is 0 Å². The normalized spacial score (nSPS) is 13.2. The van der Waals surface area contributed by atoms with Crippen LogP contribution in [0.1, 0.15) is 33.1 Å². The van der Waals surface area contributed by atoms with Gasteiger partial charge in [-0.25, -0.2) is 0 Å². The van der Waals surface area contributed by atoms with E-state index in [1.165, 1.54) is 0 Å². The van der Waals surface area contributed by atoms with Gasteiger partial charge in [0.2, 0.25) is 5.78 Å². The van der Waals surface area contributed by atoms with Gasteiger partial charge >= 0.3 is 13.5 Å². The molecule has 7 heteroatoms. The van der Waals surface area contributed by atoms with Crippen molar-refractivity contribution in [1.82, 2.24) is 0 Å². The maximum atomic E-state index is 13.1. The maximum absolute atomic E-state index is 13.1. The summed E-state index contributed by atoms with van der Waals surface area (Å²) in [4.78, 5) is 27.8. The number of hydrogen-bond acceptors (Lipinski definition) is 2. The molecule has 0 saturated carbocycles. The van der Waals surface area contributed by atoms with Crippen molar-refractivity contribution in [2.24, 2.45) is 5.92 Å². The molecule has 0 rings (SSSR count). The summed E-state index contributed by atoms with van der Waals surface area (Å²) in [7, 11) is -4.70. The van der Waals surface area contributed by atoms with E-state index in [1.54, 1.807) is 0 Å². The van der Waals surface area contributed by atoms with E-state index in [9.17, 15) is 18.1 Å². The molecule has 0 atom stereocenters. The Morgan fingerprint density at radius 3 is 2.25 bits per heavy atom. The van der Waals surface area contributed by atoms with E-state index < -0.39 is 31.9 Å². The Bertz CT molecular complexity index is 285. The number of carbonyl (C=O) groups is 1. The Morgan fingerprint density at radius 1 is 1.38 bits per heavy atom. The molecular weight excluding hydrogens is 241 g/mol. The number of ketones is 1. The van der Waals surface area contributed by atoms with E-state index in [0.717, 1.165) is 0 Å². The minimum atomic E-state index is -4.70. The van der Waals surface area contributed by atoms with E-state index in [1.807, 2.05) is 13.8 Å². The van der Waals surface area contributed by atoms with E-state index in [2.05, 4.69) is 0 Å². The molecule has 0 radical (unpaired) electrons. The van der Waals surface area contributed by atoms with Gasteiger partial charge in [-0.2, -0.15) is 8.78 Å². The molecule has 0 aliphatic carbocycles. The second-order valence-corrected chi connectivity index (χ2v) is 5.88. The standard InChI is InChI=1S/C9H17F2O4P/c1-7(2)4-3-5-9(10,11)8(12)6-16(13,14)15/h7H,3-6H2,1-2H3,(H2,13,14,15). The number of rotatable bonds is 7. The van der Waals surface area contributed by atoms with Crippen LogP contribution in [0.15, 0.2) is 0 Å². The Balaban J connectivity index is 4.21. The molecule has 0 amide bonds. The second-order valence-electron chi connectivity index (χ2n) is 4.24. The third-order valence-electron chi connectivity index (χ3n) is 2.03. The molecule has 2 N–H and O–H groups in total. The summed E-state index contributed by atoms with van der Waals surface area (Å²) in [6.07, 6.45) is -1.32. The fourth-order valence-electron chi connectivity index (χ4n) is 1.17. The van der Waals surface area contributed by atoms with Gasteiger partial charge in [-0.3, -0.25) is 9.36 Å². The maximum Gasteiger partial charge on any atom is 0.333 e. The highest BCUT2D eigenvalue weighted by atomic mass is 31.2. The zero-order valence-corrected chi connectivity index (χ0v) is 10.2. The van der Waals surface area contributed by atoms with E-state index in [0.29, 0.717) is 6.42 Å². The summed E-state index contributed by atoms with van der Waals surface area (Å²) < 4.78 is 36.6. The fourth-order valence-corrected chi connectivity index (χ4v) is 1.78. The molecule has 0 aromatic carbocycles. The summed E-state index contributed by atoms with van der Waals surface area (Å²) in [6.45, 7) is 3.74. The highest BCUT2D eigenvalue weighted by molar-refractivity contribution is 7.52. The summed E-state index contributed by atoms with van der Waals surface area (Å²) in [5.74, 6) is -5.05. The predicted molar refractivity (Wildman–Crippen MR) is 55.6 cm³/mol. The lowest BCUT2D eigenvalue weighted by Crippen LogP contribution is -2.31. The van der Waals surface area contributed by atoms with Crippen LogP contribution in [0.5, 0.6) is 0 Å². The van der Waals surface area contributed by atoms with Gasteiger partial charge in [0, 0.05) is 6.42 Å². The Kier molecular flexibility index (Phi) is 5.73. The van der Waals surface area contributed by atoms with Gasteiger partial charge in [0.1, 0.15) is 6.16 Å². The summed E-state index contributed by atoms with van der Waals surface area (Å²) in [5, 5.41) is 0. The van der Waals surface area contributed by atoms with Crippen LogP contribution in [-0.2, 0) is 9.36 Å². The fraction of sp³-hybridized carbons (Fsp3) is 0.889. The quantitative estimate of drug-likeness (QED) is 0.686. The van der Waals surface area contributed by atoms with Crippen LogP contribution in [-0.4, -0.2) is 27.7 Å². The largest absolute Gasteiger partial charge is 0.333 e. The molecule has 4 nitrogen and oxygen atoms in total. The lowest BCUT2D eigenvalue weighted by atomic mass is 10.0. The van der Waals surface area contributed by atoms with E-state index in [4.69, 9.17) is 9.79 Å². The van der Waals surface area contributed by atoms with Crippen molar-refractivity contribution in [3.05, 3.63) is 0 Å². The summed E-state index contributed by atoms with van der Waals surface area (Å²) in [5.41, 5.74) is 0. The van der Waals surface area contributed by atoms with Crippen LogP contribution in [0.3, 0.4) is 0 Å². The highest BCUT2D eigenvalue weighted by Crippen LogP contribution is 2.37. The van der Waals surface area contributed by atoms with Crippen molar-refractivity contribution in [2.45, 2.75) is 39.0 Å². The van der Waals surface area contributed by atoms with Crippen LogP contribution < -0.4 is 0 Å². The van der Waals surface area contributed by atoms with Crippen LogP contribution in [0.25, 0.3) is 0 Å². The van der Waals surface area contributed by atoms with Gasteiger partial charge in [-0.15, -0.1) is 0 Å². The van der Waals surface area contributed by atoms with Crippen LogP contribution in [0, 0.1) is 5.92 Å². The highest BCUT2D eigenvalue weighted by Gasteiger charge is 2.40. The van der Waals surface area contributed by atoms with Gasteiger partial charge in [-0.1, -0.05) is 20.3 Å². The first-order valence-electron chi connectivity index (χ1n) is 5.00. The lowest BCUT2D eigenvalue weighted by Gasteiger charge is -2.15. The number of alkyl halides is 2. The van der Waals surface area contributed by atoms with Gasteiger partial charge < -0.3 is 9.79 Å². The number of hydrogen-bond donors (Lipinski definition) is 2. The van der Waals surface area contributed by atoms with Crippen molar-refractivity contribution in [3.8, 4) is 0 Å². The molecule has 0 heterocycles. The molecule has 0 saturated heterocycles. The minimum Gasteiger partial charge on any atom is -0.324 e. The van der Waals surface area contributed by atoms with Crippen molar-refractivity contribution in [1.29, 1.82) is 0 Å². The average Bonchev–Trinajstić information content (AvgIpc) is 1.99. The molecule has 96 valence electrons. The van der Waals surface area contributed by atoms with Gasteiger partial charge in [0.25, 0.3) is 0 Å². The topological polar surface area (TPSA) is 74.6 Å². The van der Waals surface area contributed by atoms with Crippen LogP contribution in [0.2, 0.25) is 0 Å². The Morgan fingerprint density at radius 2 is 1.88 bits per heavy atom. The Hall–Kier alpha value is -0.320. The first-order valence-corrected chi connectivity index (χ1v) is 6.80. The second kappa shape index (κ2) is 5.84. The van der Waals surface area contributed by atoms with Crippen LogP contribution in [0.4, 0.5) is 8.78 Å². The SMILES string of the molecule is CC(C)CCCC(F)(F)C(=O)CP(=O)(O)O. The third kappa shape index (κ3) is 7.04. The number of carbonyl (C=O) groups excluding carboxylic acids is 1. The van der Waals surface area contributed by atoms with E-state index in [-0.39, 0.29) is 12.3 Å². The molecule has 0 aliphatic rings. The first-order chi connectivity index (χ1) is 7.04. The predicted octanol–water partition coefficient (Wildman–Crippen LogP) is 2.19. The number of halogens is 2. The molecule has 0 aliphatic heterocycles. The summed E-state index contributed by atoms with van der Waals surface area (Å²) >= 11 is 0. The molecule has 0 bridgehead atoms. The van der Waals surface area contributed by atoms with Gasteiger partial charge in [0.05, 0.1) is 0 Å². The Labute approximate surface area is 93.2 Å². The van der Waals surface area contributed by atoms with E-state index >= 15 is 0 Å². The zero-order valence-electron chi connectivity index (χ0n) is 9.32. The molecule has 16 heavy (non-hydrogen) atoms. The molecule has 0 fully saturated rings. The molecular formula is C9H17F2O4P. The first kappa shape index (κ1) is 15.7. The monoisotopic (exact) mass is 258 g/mol. The molecule has 0 aromatic heterocycles. The van der Waals surface area contributed by atoms with Crippen molar-refractivity contribution < 1.29 is 27.9 Å². The molecule has 0 unspecified atom stereocenters. The van der Waals surface area contributed by atoms with Crippen molar-refractivity contribution >= 4 is 13.4 Å². The lowest BCUT2D eigenvalue weighted by molar-refractivity contribution is -0.141. The van der Waals surface area contributed by atoms with Crippen molar-refractivity contribution in [2.75, 3.05) is 6.16 Å². The summed E-state index contributed by atoms with van der Waals surface area (Å²) in [6, 6.07) is 0.